The lowest BCUT2D eigenvalue weighted by Crippen LogP contribution is -2.25. The Morgan fingerprint density at radius 2 is 2.33 bits per heavy atom. The molecule has 0 aliphatic carbocycles. The van der Waals surface area contributed by atoms with Gasteiger partial charge in [0.1, 0.15) is 5.82 Å². The minimum atomic E-state index is -2.96. The molecule has 1 aliphatic rings. The Morgan fingerprint density at radius 1 is 1.57 bits per heavy atom. The van der Waals surface area contributed by atoms with Crippen LogP contribution in [0, 0.1) is 12.3 Å². The Labute approximate surface area is 127 Å². The summed E-state index contributed by atoms with van der Waals surface area (Å²) in [5, 5.41) is 11.2. The molecule has 0 radical (unpaired) electrons. The number of nitrogens with zero attached hydrogens (tertiary/aromatic N) is 3. The predicted octanol–water partition coefficient (Wildman–Crippen LogP) is -0.441. The Bertz CT molecular complexity index is 675. The number of thioether (sulfide) groups is 1. The van der Waals surface area contributed by atoms with Gasteiger partial charge >= 0.3 is 0 Å². The highest BCUT2D eigenvalue weighted by molar-refractivity contribution is 7.99. The molecule has 2 heterocycles. The minimum absolute atomic E-state index is 0.114. The van der Waals surface area contributed by atoms with Crippen LogP contribution >= 0.6 is 11.8 Å². The summed E-state index contributed by atoms with van der Waals surface area (Å²) in [4.78, 5) is 11.5. The van der Waals surface area contributed by atoms with Crippen LogP contribution in [0.2, 0.25) is 0 Å². The maximum atomic E-state index is 11.5. The van der Waals surface area contributed by atoms with E-state index in [1.54, 1.807) is 11.6 Å². The number of hydrogen-bond donors (Lipinski definition) is 1. The maximum absolute atomic E-state index is 11.5. The molecule has 0 bridgehead atoms. The number of nitrogens with one attached hydrogen (secondary N) is 1. The molecule has 1 aromatic rings. The third kappa shape index (κ3) is 3.98. The van der Waals surface area contributed by atoms with Gasteiger partial charge in [-0.1, -0.05) is 17.7 Å². The van der Waals surface area contributed by atoms with Crippen molar-refractivity contribution in [2.75, 3.05) is 23.8 Å². The van der Waals surface area contributed by atoms with Crippen molar-refractivity contribution < 1.29 is 13.2 Å². The zero-order valence-corrected chi connectivity index (χ0v) is 13.2. The van der Waals surface area contributed by atoms with Gasteiger partial charge in [-0.05, 0) is 6.42 Å². The van der Waals surface area contributed by atoms with Crippen molar-refractivity contribution in [2.24, 2.45) is 7.05 Å². The minimum Gasteiger partial charge on any atom is -0.344 e. The molecule has 1 aromatic heterocycles. The highest BCUT2D eigenvalue weighted by atomic mass is 32.2. The fourth-order valence-electron chi connectivity index (χ4n) is 2.14. The fraction of sp³-hybridized carbons (Fsp3) is 0.583. The van der Waals surface area contributed by atoms with Crippen LogP contribution in [0.5, 0.6) is 0 Å². The van der Waals surface area contributed by atoms with Crippen molar-refractivity contribution in [3.8, 4) is 12.3 Å². The molecule has 2 rings (SSSR count). The summed E-state index contributed by atoms with van der Waals surface area (Å²) >= 11 is 1.24. The molecule has 1 amide bonds. The first-order chi connectivity index (χ1) is 9.93. The standard InChI is InChI=1S/C12H16N4O3S2/c1-3-5-13-10(17)7-20-12-15-14-11(16(12)2)9-4-6-21(18,19)8-9/h1,9H,4-8H2,2H3,(H,13,17)/t9-/m1/s1. The summed E-state index contributed by atoms with van der Waals surface area (Å²) in [5.41, 5.74) is 0. The van der Waals surface area contributed by atoms with E-state index in [1.165, 1.54) is 11.8 Å². The van der Waals surface area contributed by atoms with Crippen LogP contribution in [-0.4, -0.2) is 52.9 Å². The number of carbonyl (C=O) groups is 1. The Balaban J connectivity index is 1.98. The highest BCUT2D eigenvalue weighted by Crippen LogP contribution is 2.29. The SMILES string of the molecule is C#CCNC(=O)CSc1nnc([C@@H]2CCS(=O)(=O)C2)n1C. The molecule has 0 unspecified atom stereocenters. The van der Waals surface area contributed by atoms with Gasteiger partial charge in [-0.15, -0.1) is 16.6 Å². The fourth-order valence-corrected chi connectivity index (χ4v) is 4.62. The van der Waals surface area contributed by atoms with Crippen LogP contribution in [0.3, 0.4) is 0 Å². The smallest absolute Gasteiger partial charge is 0.231 e. The van der Waals surface area contributed by atoms with Gasteiger partial charge in [0, 0.05) is 13.0 Å². The van der Waals surface area contributed by atoms with Crippen molar-refractivity contribution in [3.63, 3.8) is 0 Å². The van der Waals surface area contributed by atoms with E-state index in [0.29, 0.717) is 17.4 Å². The topological polar surface area (TPSA) is 94.0 Å². The first kappa shape index (κ1) is 15.9. The molecule has 114 valence electrons. The molecule has 1 saturated heterocycles. The number of sulfone groups is 1. The quantitative estimate of drug-likeness (QED) is 0.582. The first-order valence-electron chi connectivity index (χ1n) is 6.35. The third-order valence-corrected chi connectivity index (χ3v) is 5.97. The van der Waals surface area contributed by atoms with Gasteiger partial charge < -0.3 is 9.88 Å². The van der Waals surface area contributed by atoms with Crippen molar-refractivity contribution >= 4 is 27.5 Å². The second-order valence-corrected chi connectivity index (χ2v) is 7.94. The molecule has 1 atom stereocenters. The summed E-state index contributed by atoms with van der Waals surface area (Å²) in [6, 6.07) is 0. The summed E-state index contributed by atoms with van der Waals surface area (Å²) in [7, 11) is -1.18. The first-order valence-corrected chi connectivity index (χ1v) is 9.16. The molecule has 1 fully saturated rings. The van der Waals surface area contributed by atoms with Crippen LogP contribution in [0.4, 0.5) is 0 Å². The van der Waals surface area contributed by atoms with E-state index >= 15 is 0 Å². The normalized spacial score (nSPS) is 20.1. The number of rotatable bonds is 5. The second kappa shape index (κ2) is 6.49. The largest absolute Gasteiger partial charge is 0.344 e. The van der Waals surface area contributed by atoms with Gasteiger partial charge in [0.05, 0.1) is 23.8 Å². The van der Waals surface area contributed by atoms with Crippen LogP contribution < -0.4 is 5.32 Å². The lowest BCUT2D eigenvalue weighted by atomic mass is 10.1. The van der Waals surface area contributed by atoms with E-state index in [2.05, 4.69) is 21.4 Å². The molecule has 0 aromatic carbocycles. The molecule has 1 N–H and O–H groups in total. The highest BCUT2D eigenvalue weighted by Gasteiger charge is 2.32. The number of aromatic nitrogens is 3. The molecule has 7 nitrogen and oxygen atoms in total. The van der Waals surface area contributed by atoms with Crippen LogP contribution in [-0.2, 0) is 21.7 Å². The van der Waals surface area contributed by atoms with E-state index in [9.17, 15) is 13.2 Å². The summed E-state index contributed by atoms with van der Waals surface area (Å²) in [5.74, 6) is 3.20. The van der Waals surface area contributed by atoms with E-state index in [0.717, 1.165) is 0 Å². The molecule has 9 heteroatoms. The van der Waals surface area contributed by atoms with E-state index in [1.807, 2.05) is 0 Å². The van der Waals surface area contributed by atoms with Gasteiger partial charge in [0.2, 0.25) is 5.91 Å². The number of terminal acetylenes is 1. The van der Waals surface area contributed by atoms with Crippen molar-refractivity contribution in [1.82, 2.24) is 20.1 Å². The number of hydrogen-bond acceptors (Lipinski definition) is 6. The zero-order chi connectivity index (χ0) is 15.5. The third-order valence-electron chi connectivity index (χ3n) is 3.19. The van der Waals surface area contributed by atoms with E-state index in [-0.39, 0.29) is 35.6 Å². The van der Waals surface area contributed by atoms with Crippen molar-refractivity contribution in [3.05, 3.63) is 5.82 Å². The van der Waals surface area contributed by atoms with Gasteiger partial charge in [-0.2, -0.15) is 0 Å². The van der Waals surface area contributed by atoms with Gasteiger partial charge in [-0.3, -0.25) is 4.79 Å². The van der Waals surface area contributed by atoms with Crippen LogP contribution in [0.1, 0.15) is 18.2 Å². The van der Waals surface area contributed by atoms with Gasteiger partial charge in [-0.25, -0.2) is 8.42 Å². The Kier molecular flexibility index (Phi) is 4.90. The van der Waals surface area contributed by atoms with Gasteiger partial charge in [0.15, 0.2) is 15.0 Å². The van der Waals surface area contributed by atoms with Crippen LogP contribution in [0.25, 0.3) is 0 Å². The van der Waals surface area contributed by atoms with Crippen molar-refractivity contribution in [1.29, 1.82) is 0 Å². The lowest BCUT2D eigenvalue weighted by Gasteiger charge is -2.07. The summed E-state index contributed by atoms with van der Waals surface area (Å²) in [6.07, 6.45) is 5.63. The summed E-state index contributed by atoms with van der Waals surface area (Å²) in [6.45, 7) is 0.198. The second-order valence-electron chi connectivity index (χ2n) is 4.77. The monoisotopic (exact) mass is 328 g/mol. The van der Waals surface area contributed by atoms with Gasteiger partial charge in [0.25, 0.3) is 0 Å². The molecular weight excluding hydrogens is 312 g/mol. The molecule has 0 spiro atoms. The van der Waals surface area contributed by atoms with Crippen LogP contribution in [0.15, 0.2) is 5.16 Å². The average Bonchev–Trinajstić information content (AvgIpc) is 2.97. The van der Waals surface area contributed by atoms with E-state index in [4.69, 9.17) is 6.42 Å². The molecular formula is C12H16N4O3S2. The lowest BCUT2D eigenvalue weighted by molar-refractivity contribution is -0.118. The average molecular weight is 328 g/mol. The Morgan fingerprint density at radius 3 is 2.95 bits per heavy atom. The van der Waals surface area contributed by atoms with Crippen molar-refractivity contribution in [2.45, 2.75) is 17.5 Å². The number of amides is 1. The maximum Gasteiger partial charge on any atom is 0.231 e. The van der Waals surface area contributed by atoms with E-state index < -0.39 is 9.84 Å². The molecule has 21 heavy (non-hydrogen) atoms. The number of carbonyl (C=O) groups excluding carboxylic acids is 1. The predicted molar refractivity (Wildman–Crippen MR) is 79.6 cm³/mol. The zero-order valence-electron chi connectivity index (χ0n) is 11.6. The summed E-state index contributed by atoms with van der Waals surface area (Å²) < 4.78 is 24.8. The molecule has 1 aliphatic heterocycles. The Hall–Kier alpha value is -1.53. The molecule has 0 saturated carbocycles.